The Bertz CT molecular complexity index is 493. The van der Waals surface area contributed by atoms with Crippen molar-refractivity contribution in [2.45, 2.75) is 12.5 Å². The Morgan fingerprint density at radius 3 is 2.38 bits per heavy atom. The van der Waals surface area contributed by atoms with E-state index in [9.17, 15) is 5.11 Å². The molecule has 0 saturated carbocycles. The zero-order valence-electron chi connectivity index (χ0n) is 8.45. The average molecular weight is 363 g/mol. The fourth-order valence-electron chi connectivity index (χ4n) is 1.38. The summed E-state index contributed by atoms with van der Waals surface area (Å²) in [7, 11) is 0. The topological polar surface area (TPSA) is 33.1 Å². The largest absolute Gasteiger partial charge is 0.378 e. The van der Waals surface area contributed by atoms with Crippen molar-refractivity contribution in [1.29, 1.82) is 0 Å². The Hall–Kier alpha value is -0.230. The lowest BCUT2D eigenvalue weighted by atomic mass is 9.97. The first-order valence-electron chi connectivity index (χ1n) is 4.60. The molecular formula is C11H9Br2NOS. The third kappa shape index (κ3) is 2.37. The molecule has 1 heterocycles. The van der Waals surface area contributed by atoms with E-state index < -0.39 is 5.60 Å². The van der Waals surface area contributed by atoms with Crippen molar-refractivity contribution in [2.75, 3.05) is 0 Å². The second kappa shape index (κ2) is 4.56. The molecule has 0 amide bonds. The van der Waals surface area contributed by atoms with Crippen molar-refractivity contribution >= 4 is 43.2 Å². The molecule has 1 aromatic carbocycles. The molecule has 1 N–H and O–H groups in total. The standard InChI is InChI=1S/C11H9Br2NOS/c1-11(15,10-14-9(13)6-16-10)7-2-4-8(12)5-3-7/h2-6,15H,1H3. The molecule has 0 aliphatic rings. The lowest BCUT2D eigenvalue weighted by molar-refractivity contribution is 0.102. The first-order chi connectivity index (χ1) is 7.50. The van der Waals surface area contributed by atoms with Crippen LogP contribution in [0.2, 0.25) is 0 Å². The summed E-state index contributed by atoms with van der Waals surface area (Å²) < 4.78 is 1.75. The van der Waals surface area contributed by atoms with Gasteiger partial charge in [0.15, 0.2) is 0 Å². The highest BCUT2D eigenvalue weighted by molar-refractivity contribution is 9.10. The minimum Gasteiger partial charge on any atom is -0.378 e. The summed E-state index contributed by atoms with van der Waals surface area (Å²) in [4.78, 5) is 4.25. The van der Waals surface area contributed by atoms with Gasteiger partial charge in [-0.25, -0.2) is 4.98 Å². The summed E-state index contributed by atoms with van der Waals surface area (Å²) in [5, 5.41) is 13.0. The second-order valence-corrected chi connectivity index (χ2v) is 6.14. The van der Waals surface area contributed by atoms with E-state index in [0.717, 1.165) is 14.6 Å². The molecule has 2 aromatic rings. The molecule has 0 spiro atoms. The van der Waals surface area contributed by atoms with Crippen LogP contribution >= 0.6 is 43.2 Å². The maximum atomic E-state index is 10.5. The van der Waals surface area contributed by atoms with Gasteiger partial charge < -0.3 is 5.11 Å². The smallest absolute Gasteiger partial charge is 0.138 e. The predicted molar refractivity (Wildman–Crippen MR) is 72.6 cm³/mol. The van der Waals surface area contributed by atoms with Gasteiger partial charge in [-0.05, 0) is 40.5 Å². The van der Waals surface area contributed by atoms with Crippen LogP contribution in [0.1, 0.15) is 17.5 Å². The minimum absolute atomic E-state index is 0.682. The summed E-state index contributed by atoms with van der Waals surface area (Å²) in [6, 6.07) is 7.59. The molecule has 1 unspecified atom stereocenters. The van der Waals surface area contributed by atoms with Crippen LogP contribution in [0.5, 0.6) is 0 Å². The van der Waals surface area contributed by atoms with Gasteiger partial charge in [0.2, 0.25) is 0 Å². The molecule has 5 heteroatoms. The molecule has 0 bridgehead atoms. The van der Waals surface area contributed by atoms with E-state index in [0.29, 0.717) is 5.01 Å². The number of nitrogens with zero attached hydrogens (tertiary/aromatic N) is 1. The molecule has 0 fully saturated rings. The van der Waals surface area contributed by atoms with Crippen molar-refractivity contribution < 1.29 is 5.11 Å². The van der Waals surface area contributed by atoms with Crippen molar-refractivity contribution in [3.63, 3.8) is 0 Å². The van der Waals surface area contributed by atoms with E-state index in [1.807, 2.05) is 29.6 Å². The van der Waals surface area contributed by atoms with Crippen molar-refractivity contribution in [1.82, 2.24) is 4.98 Å². The van der Waals surface area contributed by atoms with Crippen LogP contribution in [0.25, 0.3) is 0 Å². The summed E-state index contributed by atoms with van der Waals surface area (Å²) in [5.41, 5.74) is -0.213. The first kappa shape index (κ1) is 12.2. The van der Waals surface area contributed by atoms with Crippen LogP contribution in [-0.4, -0.2) is 10.1 Å². The number of rotatable bonds is 2. The van der Waals surface area contributed by atoms with Crippen molar-refractivity contribution in [3.05, 3.63) is 49.3 Å². The average Bonchev–Trinajstić information content (AvgIpc) is 2.66. The van der Waals surface area contributed by atoms with Gasteiger partial charge in [0, 0.05) is 9.85 Å². The molecule has 0 aliphatic heterocycles. The number of benzene rings is 1. The third-order valence-electron chi connectivity index (χ3n) is 2.30. The van der Waals surface area contributed by atoms with E-state index in [2.05, 4.69) is 36.8 Å². The fourth-order valence-corrected chi connectivity index (χ4v) is 2.98. The molecule has 1 aromatic heterocycles. The van der Waals surface area contributed by atoms with Gasteiger partial charge in [0.05, 0.1) is 0 Å². The second-order valence-electron chi connectivity index (χ2n) is 3.55. The lowest BCUT2D eigenvalue weighted by Gasteiger charge is -2.21. The number of aliphatic hydroxyl groups is 1. The van der Waals surface area contributed by atoms with Gasteiger partial charge in [-0.1, -0.05) is 28.1 Å². The monoisotopic (exact) mass is 361 g/mol. The molecule has 0 radical (unpaired) electrons. The highest BCUT2D eigenvalue weighted by Gasteiger charge is 2.28. The number of hydrogen-bond acceptors (Lipinski definition) is 3. The maximum absolute atomic E-state index is 10.5. The highest BCUT2D eigenvalue weighted by atomic mass is 79.9. The van der Waals surface area contributed by atoms with Gasteiger partial charge in [-0.15, -0.1) is 11.3 Å². The van der Waals surface area contributed by atoms with E-state index in [1.165, 1.54) is 11.3 Å². The molecular weight excluding hydrogens is 354 g/mol. The van der Waals surface area contributed by atoms with E-state index in [4.69, 9.17) is 0 Å². The van der Waals surface area contributed by atoms with Crippen LogP contribution in [0, 0.1) is 0 Å². The summed E-state index contributed by atoms with van der Waals surface area (Å²) >= 11 is 8.10. The summed E-state index contributed by atoms with van der Waals surface area (Å²) in [6.07, 6.45) is 0. The third-order valence-corrected chi connectivity index (χ3v) is 4.59. The van der Waals surface area contributed by atoms with E-state index in [-0.39, 0.29) is 0 Å². The molecule has 1 atom stereocenters. The predicted octanol–water partition coefficient (Wildman–Crippen LogP) is 3.92. The Kier molecular flexibility index (Phi) is 3.49. The summed E-state index contributed by atoms with van der Waals surface area (Å²) in [5.74, 6) is 0. The van der Waals surface area contributed by atoms with Gasteiger partial charge in [0.25, 0.3) is 0 Å². The zero-order chi connectivity index (χ0) is 11.8. The van der Waals surface area contributed by atoms with Gasteiger partial charge in [0.1, 0.15) is 15.2 Å². The van der Waals surface area contributed by atoms with Gasteiger partial charge in [-0.3, -0.25) is 0 Å². The van der Waals surface area contributed by atoms with Crippen LogP contribution in [0.15, 0.2) is 38.7 Å². The summed E-state index contributed by atoms with van der Waals surface area (Å²) in [6.45, 7) is 1.75. The van der Waals surface area contributed by atoms with Crippen LogP contribution < -0.4 is 0 Å². The quantitative estimate of drug-likeness (QED) is 0.878. The number of hydrogen-bond donors (Lipinski definition) is 1. The van der Waals surface area contributed by atoms with E-state index >= 15 is 0 Å². The van der Waals surface area contributed by atoms with Crippen molar-refractivity contribution in [2.24, 2.45) is 0 Å². The highest BCUT2D eigenvalue weighted by Crippen LogP contribution is 2.32. The first-order valence-corrected chi connectivity index (χ1v) is 7.06. The number of aromatic nitrogens is 1. The lowest BCUT2D eigenvalue weighted by Crippen LogP contribution is -2.22. The Balaban J connectivity index is 2.42. The Labute approximate surface area is 115 Å². The van der Waals surface area contributed by atoms with Crippen molar-refractivity contribution in [3.8, 4) is 0 Å². The van der Waals surface area contributed by atoms with Crippen LogP contribution in [0.3, 0.4) is 0 Å². The molecule has 2 nitrogen and oxygen atoms in total. The Morgan fingerprint density at radius 2 is 1.88 bits per heavy atom. The Morgan fingerprint density at radius 1 is 1.25 bits per heavy atom. The zero-order valence-corrected chi connectivity index (χ0v) is 12.4. The number of thiazole rings is 1. The normalized spacial score (nSPS) is 14.8. The molecule has 16 heavy (non-hydrogen) atoms. The molecule has 84 valence electrons. The maximum Gasteiger partial charge on any atom is 0.138 e. The van der Waals surface area contributed by atoms with Gasteiger partial charge >= 0.3 is 0 Å². The van der Waals surface area contributed by atoms with Crippen LogP contribution in [-0.2, 0) is 5.60 Å². The minimum atomic E-state index is -1.04. The molecule has 0 saturated heterocycles. The fraction of sp³-hybridized carbons (Fsp3) is 0.182. The van der Waals surface area contributed by atoms with Gasteiger partial charge in [-0.2, -0.15) is 0 Å². The van der Waals surface area contributed by atoms with E-state index in [1.54, 1.807) is 6.92 Å². The molecule has 2 rings (SSSR count). The molecule has 0 aliphatic carbocycles. The SMILES string of the molecule is CC(O)(c1ccc(Br)cc1)c1nc(Br)cs1. The number of halogens is 2. The van der Waals surface area contributed by atoms with Crippen LogP contribution in [0.4, 0.5) is 0 Å².